The smallest absolute Gasteiger partial charge is 0.388 e. The number of aromatic nitrogens is 3. The van der Waals surface area contributed by atoms with Gasteiger partial charge in [-0.1, -0.05) is 6.92 Å². The zero-order valence-corrected chi connectivity index (χ0v) is 13.8. The Morgan fingerprint density at radius 3 is 2.68 bits per heavy atom. The van der Waals surface area contributed by atoms with Crippen molar-refractivity contribution in [3.63, 3.8) is 0 Å². The Hall–Kier alpha value is -2.84. The van der Waals surface area contributed by atoms with Crippen LogP contribution in [0.1, 0.15) is 20.3 Å². The van der Waals surface area contributed by atoms with Crippen LogP contribution < -0.4 is 15.6 Å². The van der Waals surface area contributed by atoms with Crippen molar-refractivity contribution in [3.8, 4) is 17.1 Å². The molecule has 0 fully saturated rings. The number of amides is 1. The molecule has 0 aliphatic rings. The molecule has 1 amide bonds. The number of alkyl halides is 2. The van der Waals surface area contributed by atoms with Crippen molar-refractivity contribution in [1.29, 1.82) is 0 Å². The van der Waals surface area contributed by atoms with Crippen LogP contribution in [-0.4, -0.2) is 33.3 Å². The van der Waals surface area contributed by atoms with Crippen molar-refractivity contribution < 1.29 is 18.3 Å². The van der Waals surface area contributed by atoms with E-state index in [9.17, 15) is 18.4 Å². The van der Waals surface area contributed by atoms with Gasteiger partial charge >= 0.3 is 6.61 Å². The summed E-state index contributed by atoms with van der Waals surface area (Å²) in [5.74, 6) is -0.542. The molecule has 25 heavy (non-hydrogen) atoms. The molecule has 0 saturated heterocycles. The number of carbonyl (C=O) groups is 1. The van der Waals surface area contributed by atoms with E-state index in [2.05, 4.69) is 20.1 Å². The van der Waals surface area contributed by atoms with Crippen LogP contribution in [0.25, 0.3) is 11.3 Å². The van der Waals surface area contributed by atoms with Crippen LogP contribution in [0.4, 0.5) is 8.78 Å². The number of rotatable bonds is 7. The first-order chi connectivity index (χ1) is 11.9. The summed E-state index contributed by atoms with van der Waals surface area (Å²) >= 11 is 0. The second kappa shape index (κ2) is 8.32. The average molecular weight is 352 g/mol. The third kappa shape index (κ3) is 5.33. The molecule has 0 aromatic carbocycles. The molecule has 2 aromatic rings. The summed E-state index contributed by atoms with van der Waals surface area (Å²) < 4.78 is 29.5. The lowest BCUT2D eigenvalue weighted by molar-refractivity contribution is -0.122. The Kier molecular flexibility index (Phi) is 6.15. The van der Waals surface area contributed by atoms with Crippen LogP contribution >= 0.6 is 0 Å². The first kappa shape index (κ1) is 18.5. The standard InChI is InChI=1S/C16H18F2N4O3/c1-3-10(2)20-13(23)9-22-15(24)7-5-12(21-22)11-4-6-14(19-8-11)25-16(17)18/h4-8,10,16H,3,9H2,1-2H3,(H,20,23). The predicted octanol–water partition coefficient (Wildman–Crippen LogP) is 1.82. The topological polar surface area (TPSA) is 86.1 Å². The van der Waals surface area contributed by atoms with Gasteiger partial charge in [-0.2, -0.15) is 13.9 Å². The van der Waals surface area contributed by atoms with E-state index in [0.29, 0.717) is 11.3 Å². The van der Waals surface area contributed by atoms with Crippen LogP contribution in [0.3, 0.4) is 0 Å². The van der Waals surface area contributed by atoms with Gasteiger partial charge in [-0.3, -0.25) is 9.59 Å². The molecule has 0 saturated carbocycles. The molecule has 2 rings (SSSR count). The Morgan fingerprint density at radius 1 is 1.32 bits per heavy atom. The van der Waals surface area contributed by atoms with Crippen LogP contribution in [0.15, 0.2) is 35.3 Å². The maximum absolute atomic E-state index is 12.1. The number of pyridine rings is 1. The van der Waals surface area contributed by atoms with Crippen LogP contribution in [-0.2, 0) is 11.3 Å². The number of ether oxygens (including phenoxy) is 1. The monoisotopic (exact) mass is 352 g/mol. The summed E-state index contributed by atoms with van der Waals surface area (Å²) in [5, 5.41) is 6.87. The Bertz CT molecular complexity index is 778. The largest absolute Gasteiger partial charge is 0.417 e. The molecular weight excluding hydrogens is 334 g/mol. The predicted molar refractivity (Wildman–Crippen MR) is 86.3 cm³/mol. The fraction of sp³-hybridized carbons (Fsp3) is 0.375. The van der Waals surface area contributed by atoms with Gasteiger partial charge in [0.1, 0.15) is 6.54 Å². The van der Waals surface area contributed by atoms with E-state index in [1.807, 2.05) is 13.8 Å². The van der Waals surface area contributed by atoms with Gasteiger partial charge in [-0.15, -0.1) is 0 Å². The summed E-state index contributed by atoms with van der Waals surface area (Å²) in [7, 11) is 0. The lowest BCUT2D eigenvalue weighted by Crippen LogP contribution is -2.37. The number of halogens is 2. The SMILES string of the molecule is CCC(C)NC(=O)Cn1nc(-c2ccc(OC(F)F)nc2)ccc1=O. The van der Waals surface area contributed by atoms with Gasteiger partial charge < -0.3 is 10.1 Å². The number of hydrogen-bond donors (Lipinski definition) is 1. The van der Waals surface area contributed by atoms with E-state index in [4.69, 9.17) is 0 Å². The Balaban J connectivity index is 2.18. The molecule has 0 bridgehead atoms. The third-order valence-corrected chi connectivity index (χ3v) is 3.42. The summed E-state index contributed by atoms with van der Waals surface area (Å²) in [6.07, 6.45) is 2.07. The minimum Gasteiger partial charge on any atom is -0.417 e. The summed E-state index contributed by atoms with van der Waals surface area (Å²) in [5.41, 5.74) is 0.457. The third-order valence-electron chi connectivity index (χ3n) is 3.42. The molecule has 7 nitrogen and oxygen atoms in total. The molecule has 0 aliphatic carbocycles. The molecule has 2 aromatic heterocycles. The lowest BCUT2D eigenvalue weighted by atomic mass is 10.2. The van der Waals surface area contributed by atoms with Gasteiger partial charge in [0.25, 0.3) is 5.56 Å². The van der Waals surface area contributed by atoms with Crippen molar-refractivity contribution in [2.75, 3.05) is 0 Å². The van der Waals surface area contributed by atoms with E-state index in [1.165, 1.54) is 30.5 Å². The van der Waals surface area contributed by atoms with E-state index in [1.54, 1.807) is 0 Å². The number of carbonyl (C=O) groups excluding carboxylic acids is 1. The lowest BCUT2D eigenvalue weighted by Gasteiger charge is -2.12. The fourth-order valence-corrected chi connectivity index (χ4v) is 1.97. The molecule has 1 atom stereocenters. The molecule has 0 spiro atoms. The zero-order valence-electron chi connectivity index (χ0n) is 13.8. The van der Waals surface area contributed by atoms with Crippen LogP contribution in [0.5, 0.6) is 5.88 Å². The molecular formula is C16H18F2N4O3. The normalized spacial score (nSPS) is 12.0. The molecule has 134 valence electrons. The van der Waals surface area contributed by atoms with E-state index in [0.717, 1.165) is 11.1 Å². The highest BCUT2D eigenvalue weighted by molar-refractivity contribution is 5.75. The van der Waals surface area contributed by atoms with E-state index >= 15 is 0 Å². The average Bonchev–Trinajstić information content (AvgIpc) is 2.57. The van der Waals surface area contributed by atoms with Crippen LogP contribution in [0.2, 0.25) is 0 Å². The van der Waals surface area contributed by atoms with Crippen molar-refractivity contribution in [2.45, 2.75) is 39.5 Å². The van der Waals surface area contributed by atoms with Gasteiger partial charge in [0, 0.05) is 29.9 Å². The molecule has 2 heterocycles. The first-order valence-electron chi connectivity index (χ1n) is 7.67. The number of nitrogens with one attached hydrogen (secondary N) is 1. The van der Waals surface area contributed by atoms with Gasteiger partial charge in [0.15, 0.2) is 0 Å². The van der Waals surface area contributed by atoms with E-state index in [-0.39, 0.29) is 24.4 Å². The van der Waals surface area contributed by atoms with Gasteiger partial charge in [0.2, 0.25) is 11.8 Å². The highest BCUT2D eigenvalue weighted by Gasteiger charge is 2.11. The molecule has 0 aliphatic heterocycles. The molecule has 1 unspecified atom stereocenters. The molecule has 1 N–H and O–H groups in total. The maximum Gasteiger partial charge on any atom is 0.388 e. The second-order valence-electron chi connectivity index (χ2n) is 5.35. The van der Waals surface area contributed by atoms with Crippen molar-refractivity contribution in [3.05, 3.63) is 40.8 Å². The van der Waals surface area contributed by atoms with Crippen molar-refractivity contribution in [2.24, 2.45) is 0 Å². The fourth-order valence-electron chi connectivity index (χ4n) is 1.97. The van der Waals surface area contributed by atoms with Gasteiger partial charge in [-0.25, -0.2) is 9.67 Å². The van der Waals surface area contributed by atoms with Gasteiger partial charge in [-0.05, 0) is 25.5 Å². The second-order valence-corrected chi connectivity index (χ2v) is 5.35. The minimum atomic E-state index is -2.96. The van der Waals surface area contributed by atoms with Crippen molar-refractivity contribution in [1.82, 2.24) is 20.1 Å². The van der Waals surface area contributed by atoms with Crippen LogP contribution in [0, 0.1) is 0 Å². The highest BCUT2D eigenvalue weighted by atomic mass is 19.3. The Labute approximate surface area is 142 Å². The molecule has 0 radical (unpaired) electrons. The van der Waals surface area contributed by atoms with Gasteiger partial charge in [0.05, 0.1) is 5.69 Å². The quantitative estimate of drug-likeness (QED) is 0.821. The summed E-state index contributed by atoms with van der Waals surface area (Å²) in [6, 6.07) is 5.51. The number of hydrogen-bond acceptors (Lipinski definition) is 5. The molecule has 9 heteroatoms. The first-order valence-corrected chi connectivity index (χ1v) is 7.67. The zero-order chi connectivity index (χ0) is 18.4. The van der Waals surface area contributed by atoms with E-state index < -0.39 is 12.2 Å². The van der Waals surface area contributed by atoms with Crippen molar-refractivity contribution >= 4 is 5.91 Å². The minimum absolute atomic E-state index is 0.00189. The summed E-state index contributed by atoms with van der Waals surface area (Å²) in [4.78, 5) is 27.5. The maximum atomic E-state index is 12.1. The highest BCUT2D eigenvalue weighted by Crippen LogP contribution is 2.18. The number of nitrogens with zero attached hydrogens (tertiary/aromatic N) is 3. The summed E-state index contributed by atoms with van der Waals surface area (Å²) in [6.45, 7) is 0.628. The Morgan fingerprint density at radius 2 is 2.08 bits per heavy atom.